The van der Waals surface area contributed by atoms with E-state index in [2.05, 4.69) is 31.5 Å². The Bertz CT molecular complexity index is 754. The van der Waals surface area contributed by atoms with Crippen LogP contribution in [0, 0.1) is 5.82 Å². The molecular weight excluding hydrogens is 325 g/mol. The smallest absolute Gasteiger partial charge is 0.188 e. The summed E-state index contributed by atoms with van der Waals surface area (Å²) in [6.45, 7) is 0. The fourth-order valence-corrected chi connectivity index (χ4v) is 2.28. The molecule has 100 valence electrons. The van der Waals surface area contributed by atoms with E-state index >= 15 is 0 Å². The van der Waals surface area contributed by atoms with Gasteiger partial charge in [-0.15, -0.1) is 5.10 Å². The summed E-state index contributed by atoms with van der Waals surface area (Å²) >= 11 is 3.43. The number of tetrazole rings is 1. The van der Waals surface area contributed by atoms with Gasteiger partial charge in [-0.1, -0.05) is 6.07 Å². The first-order valence-corrected chi connectivity index (χ1v) is 6.55. The maximum atomic E-state index is 13.0. The number of aromatic nitrogens is 4. The third-order valence-corrected chi connectivity index (χ3v) is 3.70. The van der Waals surface area contributed by atoms with Gasteiger partial charge in [-0.3, -0.25) is 0 Å². The van der Waals surface area contributed by atoms with Gasteiger partial charge in [0, 0.05) is 11.3 Å². The van der Waals surface area contributed by atoms with Gasteiger partial charge in [-0.25, -0.2) is 4.39 Å². The van der Waals surface area contributed by atoms with Crippen molar-refractivity contribution in [2.24, 2.45) is 0 Å². The molecular formula is C13H9BrFN5. The van der Waals surface area contributed by atoms with Crippen LogP contribution in [0.5, 0.6) is 0 Å². The van der Waals surface area contributed by atoms with Crippen LogP contribution in [-0.2, 0) is 0 Å². The summed E-state index contributed by atoms with van der Waals surface area (Å²) in [4.78, 5) is 0. The van der Waals surface area contributed by atoms with Gasteiger partial charge in [0.05, 0.1) is 10.2 Å². The minimum atomic E-state index is -0.312. The Morgan fingerprint density at radius 3 is 2.60 bits per heavy atom. The summed E-state index contributed by atoms with van der Waals surface area (Å²) in [7, 11) is 0. The number of anilines is 1. The Morgan fingerprint density at radius 1 is 1.10 bits per heavy atom. The summed E-state index contributed by atoms with van der Waals surface area (Å²) in [5.74, 6) is 0.212. The van der Waals surface area contributed by atoms with E-state index in [1.165, 1.54) is 16.8 Å². The van der Waals surface area contributed by atoms with Crippen LogP contribution in [0.3, 0.4) is 0 Å². The zero-order valence-electron chi connectivity index (χ0n) is 10.2. The second kappa shape index (κ2) is 5.01. The Kier molecular flexibility index (Phi) is 3.19. The molecule has 0 aliphatic heterocycles. The largest absolute Gasteiger partial charge is 0.398 e. The third kappa shape index (κ3) is 2.16. The molecule has 0 radical (unpaired) electrons. The topological polar surface area (TPSA) is 69.6 Å². The SMILES string of the molecule is Nc1cccc(-c2nnnn2-c2ccc(F)cc2)c1Br. The molecule has 1 aromatic heterocycles. The van der Waals surface area contributed by atoms with E-state index < -0.39 is 0 Å². The van der Waals surface area contributed by atoms with Crippen LogP contribution in [-0.4, -0.2) is 20.2 Å². The van der Waals surface area contributed by atoms with Gasteiger partial charge in [0.25, 0.3) is 0 Å². The number of nitrogens with zero attached hydrogens (tertiary/aromatic N) is 4. The van der Waals surface area contributed by atoms with E-state index in [1.54, 1.807) is 18.2 Å². The van der Waals surface area contributed by atoms with Crippen LogP contribution in [0.2, 0.25) is 0 Å². The minimum absolute atomic E-state index is 0.312. The Hall–Kier alpha value is -2.28. The summed E-state index contributed by atoms with van der Waals surface area (Å²) in [5, 5.41) is 11.6. The molecule has 0 spiro atoms. The molecule has 1 heterocycles. The highest BCUT2D eigenvalue weighted by Crippen LogP contribution is 2.31. The predicted molar refractivity (Wildman–Crippen MR) is 76.7 cm³/mol. The first kappa shape index (κ1) is 12.7. The van der Waals surface area contributed by atoms with Crippen LogP contribution in [0.4, 0.5) is 10.1 Å². The maximum Gasteiger partial charge on any atom is 0.188 e. The number of halogens is 2. The van der Waals surface area contributed by atoms with E-state index in [9.17, 15) is 4.39 Å². The number of nitrogens with two attached hydrogens (primary N) is 1. The lowest BCUT2D eigenvalue weighted by Gasteiger charge is -2.07. The quantitative estimate of drug-likeness (QED) is 0.732. The summed E-state index contributed by atoms with van der Waals surface area (Å²) in [5.41, 5.74) is 7.89. The number of benzene rings is 2. The summed E-state index contributed by atoms with van der Waals surface area (Å²) in [6.07, 6.45) is 0. The molecule has 2 aromatic carbocycles. The molecule has 0 aliphatic rings. The Balaban J connectivity index is 2.15. The van der Waals surface area contributed by atoms with Crippen molar-refractivity contribution in [2.75, 3.05) is 5.73 Å². The van der Waals surface area contributed by atoms with Crippen LogP contribution in [0.1, 0.15) is 0 Å². The highest BCUT2D eigenvalue weighted by Gasteiger charge is 2.14. The fraction of sp³-hybridized carbons (Fsp3) is 0. The van der Waals surface area contributed by atoms with E-state index in [1.807, 2.05) is 12.1 Å². The van der Waals surface area contributed by atoms with Crippen LogP contribution >= 0.6 is 15.9 Å². The molecule has 3 aromatic rings. The Labute approximate surface area is 122 Å². The monoisotopic (exact) mass is 333 g/mol. The first-order chi connectivity index (χ1) is 9.66. The van der Waals surface area contributed by atoms with Gasteiger partial charge in [0.15, 0.2) is 5.82 Å². The number of nitrogen functional groups attached to an aromatic ring is 1. The van der Waals surface area contributed by atoms with E-state index in [0.717, 1.165) is 10.0 Å². The van der Waals surface area contributed by atoms with Gasteiger partial charge in [0.2, 0.25) is 0 Å². The number of hydrogen-bond donors (Lipinski definition) is 1. The molecule has 20 heavy (non-hydrogen) atoms. The van der Waals surface area contributed by atoms with Gasteiger partial charge in [0.1, 0.15) is 5.82 Å². The molecule has 3 rings (SSSR count). The van der Waals surface area contributed by atoms with Crippen molar-refractivity contribution in [3.63, 3.8) is 0 Å². The molecule has 0 bridgehead atoms. The maximum absolute atomic E-state index is 13.0. The summed E-state index contributed by atoms with van der Waals surface area (Å²) < 4.78 is 15.2. The second-order valence-electron chi connectivity index (χ2n) is 4.10. The minimum Gasteiger partial charge on any atom is -0.398 e. The van der Waals surface area contributed by atoms with Crippen LogP contribution < -0.4 is 5.73 Å². The van der Waals surface area contributed by atoms with Crippen LogP contribution in [0.25, 0.3) is 17.1 Å². The number of rotatable bonds is 2. The van der Waals surface area contributed by atoms with E-state index in [-0.39, 0.29) is 5.82 Å². The second-order valence-corrected chi connectivity index (χ2v) is 4.89. The molecule has 7 heteroatoms. The lowest BCUT2D eigenvalue weighted by atomic mass is 10.2. The first-order valence-electron chi connectivity index (χ1n) is 5.75. The molecule has 0 saturated carbocycles. The molecule has 0 unspecified atom stereocenters. The molecule has 2 N–H and O–H groups in total. The van der Waals surface area contributed by atoms with Crippen molar-refractivity contribution in [3.8, 4) is 17.1 Å². The molecule has 0 aliphatic carbocycles. The molecule has 0 fully saturated rings. The average molecular weight is 334 g/mol. The van der Waals surface area contributed by atoms with E-state index in [4.69, 9.17) is 5.73 Å². The van der Waals surface area contributed by atoms with Crippen molar-refractivity contribution >= 4 is 21.6 Å². The zero-order valence-corrected chi connectivity index (χ0v) is 11.7. The van der Waals surface area contributed by atoms with Crippen LogP contribution in [0.15, 0.2) is 46.9 Å². The summed E-state index contributed by atoms with van der Waals surface area (Å²) in [6, 6.07) is 11.4. The normalized spacial score (nSPS) is 10.7. The molecule has 0 amide bonds. The van der Waals surface area contributed by atoms with Crippen molar-refractivity contribution in [3.05, 3.63) is 52.8 Å². The van der Waals surface area contributed by atoms with E-state index in [0.29, 0.717) is 17.2 Å². The predicted octanol–water partition coefficient (Wildman–Crippen LogP) is 2.81. The highest BCUT2D eigenvalue weighted by atomic mass is 79.9. The zero-order chi connectivity index (χ0) is 14.1. The fourth-order valence-electron chi connectivity index (χ4n) is 1.83. The molecule has 0 saturated heterocycles. The van der Waals surface area contributed by atoms with Crippen molar-refractivity contribution < 1.29 is 4.39 Å². The standard InChI is InChI=1S/C13H9BrFN5/c14-12-10(2-1-3-11(12)16)13-17-18-19-20(13)9-6-4-8(15)5-7-9/h1-7H,16H2. The molecule has 0 atom stereocenters. The van der Waals surface area contributed by atoms with Gasteiger partial charge >= 0.3 is 0 Å². The highest BCUT2D eigenvalue weighted by molar-refractivity contribution is 9.10. The van der Waals surface area contributed by atoms with Crippen molar-refractivity contribution in [1.82, 2.24) is 20.2 Å². The Morgan fingerprint density at radius 2 is 1.85 bits per heavy atom. The van der Waals surface area contributed by atoms with Crippen molar-refractivity contribution in [1.29, 1.82) is 0 Å². The number of hydrogen-bond acceptors (Lipinski definition) is 4. The lowest BCUT2D eigenvalue weighted by Crippen LogP contribution is -2.01. The van der Waals surface area contributed by atoms with Gasteiger partial charge < -0.3 is 5.73 Å². The molecule has 5 nitrogen and oxygen atoms in total. The van der Waals surface area contributed by atoms with Crippen molar-refractivity contribution in [2.45, 2.75) is 0 Å². The van der Waals surface area contributed by atoms with Gasteiger partial charge in [-0.2, -0.15) is 4.68 Å². The van der Waals surface area contributed by atoms with Gasteiger partial charge in [-0.05, 0) is 62.8 Å². The average Bonchev–Trinajstić information content (AvgIpc) is 2.92. The lowest BCUT2D eigenvalue weighted by molar-refractivity contribution is 0.627. The third-order valence-electron chi connectivity index (χ3n) is 2.81.